The van der Waals surface area contributed by atoms with Crippen LogP contribution < -0.4 is 0 Å². The predicted molar refractivity (Wildman–Crippen MR) is 166 cm³/mol. The lowest BCUT2D eigenvalue weighted by atomic mass is 9.61. The molecule has 10 nitrogen and oxygen atoms in total. The van der Waals surface area contributed by atoms with Crippen LogP contribution in [-0.2, 0) is 33.3 Å². The van der Waals surface area contributed by atoms with Gasteiger partial charge in [0.15, 0.2) is 6.29 Å². The Hall–Kier alpha value is -0.790. The van der Waals surface area contributed by atoms with Gasteiger partial charge in [0.05, 0.1) is 35.4 Å². The van der Waals surface area contributed by atoms with Crippen LogP contribution in [0.2, 0.25) is 0 Å². The first kappa shape index (κ1) is 38.4. The zero-order valence-corrected chi connectivity index (χ0v) is 29.1. The van der Waals surface area contributed by atoms with Gasteiger partial charge in [0.1, 0.15) is 23.6 Å². The molecule has 0 bridgehead atoms. The molecule has 0 radical (unpaired) electrons. The van der Waals surface area contributed by atoms with Gasteiger partial charge in [-0.25, -0.2) is 0 Å². The van der Waals surface area contributed by atoms with Crippen molar-refractivity contribution in [2.45, 2.75) is 142 Å². The third-order valence-corrected chi connectivity index (χ3v) is 11.8. The molecule has 2 heterocycles. The van der Waals surface area contributed by atoms with Gasteiger partial charge in [-0.3, -0.25) is 9.59 Å². The Morgan fingerprint density at radius 2 is 1.51 bits per heavy atom. The number of esters is 1. The van der Waals surface area contributed by atoms with E-state index in [0.717, 1.165) is 0 Å². The van der Waals surface area contributed by atoms with E-state index in [1.165, 1.54) is 14.0 Å². The maximum absolute atomic E-state index is 13.9. The van der Waals surface area contributed by atoms with Crippen LogP contribution in [0.15, 0.2) is 0 Å². The minimum Gasteiger partial charge on any atom is -0.459 e. The van der Waals surface area contributed by atoms with Crippen molar-refractivity contribution >= 4 is 24.4 Å². The van der Waals surface area contributed by atoms with Crippen LogP contribution in [0.1, 0.15) is 88.5 Å². The second-order valence-corrected chi connectivity index (χ2v) is 14.2. The Morgan fingerprint density at radius 1 is 0.930 bits per heavy atom. The van der Waals surface area contributed by atoms with Gasteiger partial charge in [0.25, 0.3) is 0 Å². The summed E-state index contributed by atoms with van der Waals surface area (Å²) < 4.78 is 30.5. The minimum atomic E-state index is -1.90. The van der Waals surface area contributed by atoms with Crippen molar-refractivity contribution in [2.75, 3.05) is 20.0 Å². The van der Waals surface area contributed by atoms with Crippen molar-refractivity contribution < 1.29 is 48.6 Å². The quantitative estimate of drug-likeness (QED) is 0.253. The zero-order valence-electron chi connectivity index (χ0n) is 28.2. The zero-order chi connectivity index (χ0) is 33.3. The first-order valence-electron chi connectivity index (χ1n) is 15.6. The Kier molecular flexibility index (Phi) is 12.8. The Bertz CT molecular complexity index is 962. The number of ketones is 1. The molecule has 0 spiro atoms. The number of thiol groups is 1. The molecule has 3 N–H and O–H groups in total. The number of ether oxygens (including phenoxy) is 5. The highest BCUT2D eigenvalue weighted by Gasteiger charge is 2.56. The summed E-state index contributed by atoms with van der Waals surface area (Å²) in [5.74, 6) is -3.23. The Labute approximate surface area is 263 Å². The normalized spacial score (nSPS) is 49.3. The van der Waals surface area contributed by atoms with Crippen molar-refractivity contribution in [3.8, 4) is 0 Å². The molecule has 2 rings (SSSR count). The summed E-state index contributed by atoms with van der Waals surface area (Å²) in [7, 11) is 3.12. The van der Waals surface area contributed by atoms with Crippen LogP contribution in [-0.4, -0.2) is 101 Å². The van der Waals surface area contributed by atoms with E-state index in [2.05, 4.69) is 0 Å². The number of carbonyl (C=O) groups excluding carboxylic acids is 2. The van der Waals surface area contributed by atoms with E-state index in [-0.39, 0.29) is 18.6 Å². The lowest BCUT2D eigenvalue weighted by Crippen LogP contribution is -2.60. The fourth-order valence-corrected chi connectivity index (χ4v) is 7.75. The van der Waals surface area contributed by atoms with Gasteiger partial charge in [-0.05, 0) is 59.1 Å². The van der Waals surface area contributed by atoms with Gasteiger partial charge < -0.3 is 39.0 Å². The van der Waals surface area contributed by atoms with Crippen LogP contribution in [0.3, 0.4) is 0 Å². The van der Waals surface area contributed by atoms with Gasteiger partial charge in [-0.1, -0.05) is 34.6 Å². The lowest BCUT2D eigenvalue weighted by Gasteiger charge is -2.53. The molecule has 0 aromatic heterocycles. The van der Waals surface area contributed by atoms with Crippen LogP contribution in [0.25, 0.3) is 0 Å². The number of Topliss-reactive ketones (excluding diaryl/α,β-unsaturated/α-hetero) is 1. The SMILES string of the molecule is CC[C@H]1OC(=O)[C@H](C)[C@@H](O[C@H]2C[C@@](C)(OC)[C@@H](O)[C@H](C)O2)[C@H](C)C(C)(CS)[C@](C)(OC)C[C@@H](C)C(=O)[C@H](C)[C@@H](O)[C@]1(C)O. The molecule has 11 heteroatoms. The van der Waals surface area contributed by atoms with Crippen molar-refractivity contribution in [1.29, 1.82) is 0 Å². The van der Waals surface area contributed by atoms with Crippen molar-refractivity contribution in [1.82, 2.24) is 0 Å². The fraction of sp³-hybridized carbons (Fsp3) is 0.938. The monoisotopic (exact) mass is 634 g/mol. The van der Waals surface area contributed by atoms with Gasteiger partial charge >= 0.3 is 5.97 Å². The molecule has 2 aliphatic rings. The van der Waals surface area contributed by atoms with E-state index in [1.807, 2.05) is 20.8 Å². The summed E-state index contributed by atoms with van der Waals surface area (Å²) >= 11 is 4.78. The molecule has 43 heavy (non-hydrogen) atoms. The first-order valence-corrected chi connectivity index (χ1v) is 16.2. The van der Waals surface area contributed by atoms with E-state index in [0.29, 0.717) is 12.2 Å². The summed E-state index contributed by atoms with van der Waals surface area (Å²) in [6.07, 6.45) is -4.95. The molecule has 14 atom stereocenters. The van der Waals surface area contributed by atoms with Gasteiger partial charge in [-0.2, -0.15) is 12.6 Å². The molecule has 0 aromatic rings. The van der Waals surface area contributed by atoms with E-state index in [9.17, 15) is 24.9 Å². The second-order valence-electron chi connectivity index (χ2n) is 13.9. The van der Waals surface area contributed by atoms with Crippen molar-refractivity contribution in [2.24, 2.45) is 29.1 Å². The molecule has 0 amide bonds. The van der Waals surface area contributed by atoms with Crippen molar-refractivity contribution in [3.05, 3.63) is 0 Å². The molecular formula is C32H58O10S. The number of hydrogen-bond donors (Lipinski definition) is 4. The topological polar surface area (TPSA) is 141 Å². The number of methoxy groups -OCH3 is 2. The van der Waals surface area contributed by atoms with Crippen LogP contribution in [0.4, 0.5) is 0 Å². The second kappa shape index (κ2) is 14.3. The molecule has 0 aliphatic carbocycles. The molecule has 2 aliphatic heterocycles. The largest absolute Gasteiger partial charge is 0.459 e. The van der Waals surface area contributed by atoms with E-state index in [1.54, 1.807) is 48.7 Å². The number of carbonyl (C=O) groups is 2. The van der Waals surface area contributed by atoms with Gasteiger partial charge in [0, 0.05) is 37.9 Å². The molecule has 2 fully saturated rings. The van der Waals surface area contributed by atoms with Crippen LogP contribution >= 0.6 is 12.6 Å². The average molecular weight is 635 g/mol. The van der Waals surface area contributed by atoms with E-state index >= 15 is 0 Å². The maximum atomic E-state index is 13.9. The van der Waals surface area contributed by atoms with E-state index < -0.39 is 88.7 Å². The molecule has 2 saturated heterocycles. The molecular weight excluding hydrogens is 576 g/mol. The summed E-state index contributed by atoms with van der Waals surface area (Å²) in [6.45, 7) is 17.7. The molecule has 0 aromatic carbocycles. The standard InChI is InChI=1S/C32H58O10S/c1-13-22-32(10,37)26(34)18(3)24(33)17(2)14-31(9,39-12)29(7,16-43)20(5)25(19(4)28(36)41-22)42-23-15-30(8,38-11)27(35)21(6)40-23/h17-23,25-27,34-35,37,43H,13-16H2,1-12H3/t17-,18+,19-,20+,21+,22-,23+,25-,26-,27+,29?,30-,31-,32-/m1/s1. The third kappa shape index (κ3) is 7.29. The lowest BCUT2D eigenvalue weighted by molar-refractivity contribution is -0.301. The Balaban J connectivity index is 2.71. The highest BCUT2D eigenvalue weighted by Crippen LogP contribution is 2.49. The number of cyclic esters (lactones) is 1. The number of hydrogen-bond acceptors (Lipinski definition) is 11. The van der Waals surface area contributed by atoms with E-state index in [4.69, 9.17) is 36.3 Å². The molecule has 1 unspecified atom stereocenters. The third-order valence-electron chi connectivity index (χ3n) is 11.1. The van der Waals surface area contributed by atoms with Gasteiger partial charge in [-0.15, -0.1) is 0 Å². The highest BCUT2D eigenvalue weighted by molar-refractivity contribution is 7.80. The average Bonchev–Trinajstić information content (AvgIpc) is 2.97. The summed E-state index contributed by atoms with van der Waals surface area (Å²) in [5.41, 5.74) is -4.51. The maximum Gasteiger partial charge on any atom is 0.311 e. The first-order chi connectivity index (χ1) is 19.7. The van der Waals surface area contributed by atoms with Crippen molar-refractivity contribution in [3.63, 3.8) is 0 Å². The molecule has 0 saturated carbocycles. The molecule has 252 valence electrons. The van der Waals surface area contributed by atoms with Crippen LogP contribution in [0.5, 0.6) is 0 Å². The summed E-state index contributed by atoms with van der Waals surface area (Å²) in [4.78, 5) is 27.5. The fourth-order valence-electron chi connectivity index (χ4n) is 7.13. The summed E-state index contributed by atoms with van der Waals surface area (Å²) in [6, 6.07) is 0. The van der Waals surface area contributed by atoms with Crippen LogP contribution in [0, 0.1) is 29.1 Å². The Morgan fingerprint density at radius 3 is 2.00 bits per heavy atom. The predicted octanol–water partition coefficient (Wildman–Crippen LogP) is 3.56. The smallest absolute Gasteiger partial charge is 0.311 e. The van der Waals surface area contributed by atoms with Gasteiger partial charge in [0.2, 0.25) is 0 Å². The summed E-state index contributed by atoms with van der Waals surface area (Å²) in [5, 5.41) is 33.5. The highest BCUT2D eigenvalue weighted by atomic mass is 32.1. The number of aliphatic hydroxyl groups is 3. The minimum absolute atomic E-state index is 0.209. The number of aliphatic hydroxyl groups excluding tert-OH is 2. The number of rotatable bonds is 6.